The van der Waals surface area contributed by atoms with Crippen molar-refractivity contribution < 1.29 is 4.79 Å². The Morgan fingerprint density at radius 3 is 2.31 bits per heavy atom. The Morgan fingerprint density at radius 1 is 0.897 bits per heavy atom. The molecule has 7 heteroatoms. The fourth-order valence-corrected chi connectivity index (χ4v) is 3.60. The summed E-state index contributed by atoms with van der Waals surface area (Å²) in [6, 6.07) is 23.4. The molecule has 0 bridgehead atoms. The molecule has 2 aromatic carbocycles. The van der Waals surface area contributed by atoms with Gasteiger partial charge >= 0.3 is 0 Å². The lowest BCUT2D eigenvalue weighted by molar-refractivity contribution is -0.113. The lowest BCUT2D eigenvalue weighted by Crippen LogP contribution is -2.14. The van der Waals surface area contributed by atoms with E-state index in [1.165, 1.54) is 11.8 Å². The van der Waals surface area contributed by atoms with Gasteiger partial charge in [-0.25, -0.2) is 0 Å². The van der Waals surface area contributed by atoms with Gasteiger partial charge in [0.2, 0.25) is 5.91 Å². The summed E-state index contributed by atoms with van der Waals surface area (Å²) in [6.07, 6.45) is 3.47. The number of thioether (sulfide) groups is 1. The number of anilines is 1. The number of para-hydroxylation sites is 1. The van der Waals surface area contributed by atoms with E-state index in [0.717, 1.165) is 22.6 Å². The van der Waals surface area contributed by atoms with Crippen molar-refractivity contribution in [2.45, 2.75) is 11.7 Å². The standard InChI is InChI=1S/C22H19N5OS/c28-20(24-19-9-5-2-6-10-19)16-29-22-26-25-21(18-11-13-23-14-12-18)27(22)15-17-7-3-1-4-8-17/h1-14H,15-16H2,(H,24,28). The summed E-state index contributed by atoms with van der Waals surface area (Å²) in [7, 11) is 0. The topological polar surface area (TPSA) is 72.7 Å². The average Bonchev–Trinajstić information content (AvgIpc) is 3.17. The van der Waals surface area contributed by atoms with Gasteiger partial charge in [-0.1, -0.05) is 60.3 Å². The first kappa shape index (κ1) is 18.9. The van der Waals surface area contributed by atoms with Crippen LogP contribution in [0.15, 0.2) is 90.3 Å². The van der Waals surface area contributed by atoms with Gasteiger partial charge in [0.05, 0.1) is 12.3 Å². The van der Waals surface area contributed by atoms with Crippen LogP contribution in [0.4, 0.5) is 5.69 Å². The Bertz CT molecular complexity index is 1070. The summed E-state index contributed by atoms with van der Waals surface area (Å²) in [5, 5.41) is 12.3. The maximum atomic E-state index is 12.3. The van der Waals surface area contributed by atoms with E-state index in [4.69, 9.17) is 0 Å². The number of rotatable bonds is 7. The van der Waals surface area contributed by atoms with Crippen molar-refractivity contribution in [3.05, 3.63) is 90.8 Å². The molecule has 1 N–H and O–H groups in total. The third-order valence-corrected chi connectivity index (χ3v) is 5.20. The van der Waals surface area contributed by atoms with Crippen LogP contribution in [0.2, 0.25) is 0 Å². The number of pyridine rings is 1. The Morgan fingerprint density at radius 2 is 1.59 bits per heavy atom. The van der Waals surface area contributed by atoms with E-state index in [0.29, 0.717) is 11.7 Å². The molecule has 0 aliphatic rings. The van der Waals surface area contributed by atoms with Crippen molar-refractivity contribution in [3.8, 4) is 11.4 Å². The molecule has 29 heavy (non-hydrogen) atoms. The molecule has 2 aromatic heterocycles. The van der Waals surface area contributed by atoms with E-state index in [2.05, 4.69) is 32.6 Å². The smallest absolute Gasteiger partial charge is 0.234 e. The van der Waals surface area contributed by atoms with E-state index in [-0.39, 0.29) is 11.7 Å². The van der Waals surface area contributed by atoms with Gasteiger partial charge in [-0.2, -0.15) is 0 Å². The minimum atomic E-state index is -0.0825. The largest absolute Gasteiger partial charge is 0.325 e. The molecular formula is C22H19N5OS. The van der Waals surface area contributed by atoms with Crippen molar-refractivity contribution in [1.82, 2.24) is 19.7 Å². The van der Waals surface area contributed by atoms with Crippen LogP contribution in [0.5, 0.6) is 0 Å². The highest BCUT2D eigenvalue weighted by atomic mass is 32.2. The van der Waals surface area contributed by atoms with Gasteiger partial charge in [-0.05, 0) is 29.8 Å². The van der Waals surface area contributed by atoms with Crippen molar-refractivity contribution >= 4 is 23.4 Å². The van der Waals surface area contributed by atoms with Crippen LogP contribution in [-0.2, 0) is 11.3 Å². The van der Waals surface area contributed by atoms with E-state index < -0.39 is 0 Å². The second-order valence-electron chi connectivity index (χ2n) is 6.32. The SMILES string of the molecule is O=C(CSc1nnc(-c2ccncc2)n1Cc1ccccc1)Nc1ccccc1. The molecule has 2 heterocycles. The number of nitrogens with zero attached hydrogens (tertiary/aromatic N) is 4. The molecule has 144 valence electrons. The van der Waals surface area contributed by atoms with Gasteiger partial charge in [-0.15, -0.1) is 10.2 Å². The molecule has 6 nitrogen and oxygen atoms in total. The maximum absolute atomic E-state index is 12.3. The third-order valence-electron chi connectivity index (χ3n) is 4.23. The van der Waals surface area contributed by atoms with Gasteiger partial charge in [0.15, 0.2) is 11.0 Å². The molecule has 0 aliphatic heterocycles. The maximum Gasteiger partial charge on any atom is 0.234 e. The van der Waals surface area contributed by atoms with E-state index in [9.17, 15) is 4.79 Å². The van der Waals surface area contributed by atoms with Crippen LogP contribution >= 0.6 is 11.8 Å². The molecule has 0 saturated carbocycles. The normalized spacial score (nSPS) is 10.6. The number of aromatic nitrogens is 4. The van der Waals surface area contributed by atoms with Crippen LogP contribution < -0.4 is 5.32 Å². The second kappa shape index (κ2) is 9.16. The summed E-state index contributed by atoms with van der Waals surface area (Å²) < 4.78 is 2.03. The Kier molecular flexibility index (Phi) is 5.97. The molecule has 4 rings (SSSR count). The molecule has 0 saturated heterocycles. The minimum Gasteiger partial charge on any atom is -0.325 e. The number of hydrogen-bond acceptors (Lipinski definition) is 5. The molecule has 0 radical (unpaired) electrons. The van der Waals surface area contributed by atoms with E-state index in [1.807, 2.05) is 65.2 Å². The minimum absolute atomic E-state index is 0.0825. The van der Waals surface area contributed by atoms with Crippen molar-refractivity contribution in [3.63, 3.8) is 0 Å². The highest BCUT2D eigenvalue weighted by Gasteiger charge is 2.16. The number of amides is 1. The van der Waals surface area contributed by atoms with Crippen LogP contribution in [0.25, 0.3) is 11.4 Å². The van der Waals surface area contributed by atoms with Gasteiger partial charge in [0, 0.05) is 23.6 Å². The lowest BCUT2D eigenvalue weighted by atomic mass is 10.2. The molecule has 0 unspecified atom stereocenters. The fourth-order valence-electron chi connectivity index (χ4n) is 2.87. The van der Waals surface area contributed by atoms with Crippen LogP contribution in [0.3, 0.4) is 0 Å². The molecule has 0 atom stereocenters. The van der Waals surface area contributed by atoms with E-state index >= 15 is 0 Å². The van der Waals surface area contributed by atoms with Gasteiger partial charge in [0.1, 0.15) is 0 Å². The first-order valence-corrected chi connectivity index (χ1v) is 10.1. The number of benzene rings is 2. The molecule has 1 amide bonds. The second-order valence-corrected chi connectivity index (χ2v) is 7.26. The molecule has 0 aliphatic carbocycles. The predicted molar refractivity (Wildman–Crippen MR) is 115 cm³/mol. The summed E-state index contributed by atoms with van der Waals surface area (Å²) in [5.74, 6) is 0.918. The zero-order valence-electron chi connectivity index (χ0n) is 15.6. The highest BCUT2D eigenvalue weighted by Crippen LogP contribution is 2.25. The zero-order chi connectivity index (χ0) is 19.9. The monoisotopic (exact) mass is 401 g/mol. The summed E-state index contributed by atoms with van der Waals surface area (Å²) in [5.41, 5.74) is 2.85. The molecule has 4 aromatic rings. The molecule has 0 fully saturated rings. The van der Waals surface area contributed by atoms with Crippen LogP contribution in [0.1, 0.15) is 5.56 Å². The quantitative estimate of drug-likeness (QED) is 0.472. The number of carbonyl (C=O) groups is 1. The summed E-state index contributed by atoms with van der Waals surface area (Å²) in [4.78, 5) is 16.4. The number of nitrogens with one attached hydrogen (secondary N) is 1. The highest BCUT2D eigenvalue weighted by molar-refractivity contribution is 7.99. The van der Waals surface area contributed by atoms with Crippen LogP contribution in [0, 0.1) is 0 Å². The van der Waals surface area contributed by atoms with Crippen molar-refractivity contribution in [2.75, 3.05) is 11.1 Å². The van der Waals surface area contributed by atoms with Gasteiger partial charge < -0.3 is 5.32 Å². The van der Waals surface area contributed by atoms with E-state index in [1.54, 1.807) is 12.4 Å². The zero-order valence-corrected chi connectivity index (χ0v) is 16.4. The predicted octanol–water partition coefficient (Wildman–Crippen LogP) is 4.12. The molecule has 0 spiro atoms. The van der Waals surface area contributed by atoms with Crippen LogP contribution in [-0.4, -0.2) is 31.4 Å². The van der Waals surface area contributed by atoms with Gasteiger partial charge in [-0.3, -0.25) is 14.3 Å². The number of hydrogen-bond donors (Lipinski definition) is 1. The van der Waals surface area contributed by atoms with Crippen molar-refractivity contribution in [2.24, 2.45) is 0 Å². The number of carbonyl (C=O) groups excluding carboxylic acids is 1. The summed E-state index contributed by atoms with van der Waals surface area (Å²) >= 11 is 1.37. The molecular weight excluding hydrogens is 382 g/mol. The fraction of sp³-hybridized carbons (Fsp3) is 0.0909. The Balaban J connectivity index is 1.54. The Labute approximate surface area is 173 Å². The van der Waals surface area contributed by atoms with Crippen molar-refractivity contribution in [1.29, 1.82) is 0 Å². The first-order chi connectivity index (χ1) is 14.3. The average molecular weight is 401 g/mol. The van der Waals surface area contributed by atoms with Gasteiger partial charge in [0.25, 0.3) is 0 Å². The Hall–Kier alpha value is -3.45. The lowest BCUT2D eigenvalue weighted by Gasteiger charge is -2.10. The third kappa shape index (κ3) is 4.89. The summed E-state index contributed by atoms with van der Waals surface area (Å²) in [6.45, 7) is 0.619. The first-order valence-electron chi connectivity index (χ1n) is 9.15.